The predicted molar refractivity (Wildman–Crippen MR) is 142 cm³/mol. The van der Waals surface area contributed by atoms with Crippen molar-refractivity contribution in [2.75, 3.05) is 65.7 Å². The van der Waals surface area contributed by atoms with Crippen molar-refractivity contribution >= 4 is 0 Å². The van der Waals surface area contributed by atoms with Crippen molar-refractivity contribution in [3.8, 4) is 0 Å². The molecule has 2 aliphatic heterocycles. The molecule has 0 amide bonds. The van der Waals surface area contributed by atoms with Crippen LogP contribution >= 0.6 is 0 Å². The van der Waals surface area contributed by atoms with Crippen LogP contribution in [0.1, 0.15) is 117 Å². The first-order valence-electron chi connectivity index (χ1n) is 14.9. The van der Waals surface area contributed by atoms with Gasteiger partial charge in [-0.05, 0) is 64.7 Å². The van der Waals surface area contributed by atoms with Gasteiger partial charge in [-0.1, -0.05) is 78.1 Å². The first-order chi connectivity index (χ1) is 16.3. The van der Waals surface area contributed by atoms with Crippen molar-refractivity contribution in [2.45, 2.75) is 117 Å². The van der Waals surface area contributed by atoms with Gasteiger partial charge < -0.3 is 19.3 Å². The Labute approximate surface area is 207 Å². The van der Waals surface area contributed by atoms with E-state index in [1.165, 1.54) is 129 Å². The summed E-state index contributed by atoms with van der Waals surface area (Å²) in [5, 5.41) is 0. The maximum Gasteiger partial charge on any atom is 0.0569 e. The highest BCUT2D eigenvalue weighted by molar-refractivity contribution is 4.89. The molecular weight excluding hydrogens is 408 g/mol. The molecule has 0 bridgehead atoms. The van der Waals surface area contributed by atoms with E-state index in [0.29, 0.717) is 0 Å². The normalized spacial score (nSPS) is 18.0. The zero-order valence-corrected chi connectivity index (χ0v) is 22.6. The van der Waals surface area contributed by atoms with Crippen LogP contribution in [0.2, 0.25) is 0 Å². The Hall–Kier alpha value is -0.160. The fourth-order valence-corrected chi connectivity index (χ4v) is 5.65. The number of unbranched alkanes of at least 4 members (excludes halogenated alkanes) is 10. The summed E-state index contributed by atoms with van der Waals surface area (Å²) >= 11 is 0. The topological polar surface area (TPSA) is 24.9 Å². The van der Waals surface area contributed by atoms with Crippen molar-refractivity contribution in [1.82, 2.24) is 9.80 Å². The largest absolute Gasteiger partial charge is 0.381 e. The fourth-order valence-electron chi connectivity index (χ4n) is 5.65. The first kappa shape index (κ1) is 29.1. The first-order valence-corrected chi connectivity index (χ1v) is 14.9. The summed E-state index contributed by atoms with van der Waals surface area (Å²) in [6.45, 7) is 15.5. The van der Waals surface area contributed by atoms with Gasteiger partial charge in [-0.2, -0.15) is 0 Å². The molecule has 0 N–H and O–H groups in total. The van der Waals surface area contributed by atoms with Crippen LogP contribution in [-0.2, 0) is 9.47 Å². The van der Waals surface area contributed by atoms with Crippen molar-refractivity contribution < 1.29 is 9.47 Å². The summed E-state index contributed by atoms with van der Waals surface area (Å²) in [4.78, 5) is 5.39. The smallest absolute Gasteiger partial charge is 0.0569 e. The number of ether oxygens (including phenoxy) is 2. The van der Waals surface area contributed by atoms with Crippen molar-refractivity contribution in [3.05, 3.63) is 0 Å². The van der Waals surface area contributed by atoms with E-state index in [4.69, 9.17) is 9.47 Å². The Morgan fingerprint density at radius 2 is 0.879 bits per heavy atom. The van der Waals surface area contributed by atoms with E-state index in [2.05, 4.69) is 23.6 Å². The van der Waals surface area contributed by atoms with Crippen molar-refractivity contribution in [1.29, 1.82) is 0 Å². The van der Waals surface area contributed by atoms with Gasteiger partial charge in [-0.25, -0.2) is 0 Å². The highest BCUT2D eigenvalue weighted by Crippen LogP contribution is 2.27. The highest BCUT2D eigenvalue weighted by Gasteiger charge is 2.36. The molecule has 0 spiro atoms. The SMILES string of the molecule is CCCCCCCCOCC(COCCCCCCCC)(CN1CCCC1)CN1CCCC1. The minimum atomic E-state index is 0.124. The molecule has 0 aromatic rings. The summed E-state index contributed by atoms with van der Waals surface area (Å²) in [5.74, 6) is 0. The molecule has 4 heteroatoms. The van der Waals surface area contributed by atoms with Gasteiger partial charge in [0.15, 0.2) is 0 Å². The maximum atomic E-state index is 6.42. The second kappa shape index (κ2) is 19.1. The molecule has 0 unspecified atom stereocenters. The fraction of sp³-hybridized carbons (Fsp3) is 1.00. The molecule has 0 aliphatic carbocycles. The second-order valence-corrected chi connectivity index (χ2v) is 11.1. The van der Waals surface area contributed by atoms with E-state index in [-0.39, 0.29) is 5.41 Å². The molecular formula is C29H58N2O2. The molecule has 0 saturated carbocycles. The van der Waals surface area contributed by atoms with E-state index in [1.54, 1.807) is 0 Å². The number of hydrogen-bond donors (Lipinski definition) is 0. The quantitative estimate of drug-likeness (QED) is 0.162. The molecule has 2 saturated heterocycles. The van der Waals surface area contributed by atoms with E-state index in [1.807, 2.05) is 0 Å². The molecule has 0 radical (unpaired) electrons. The van der Waals surface area contributed by atoms with E-state index >= 15 is 0 Å². The summed E-state index contributed by atoms with van der Waals surface area (Å²) in [7, 11) is 0. The van der Waals surface area contributed by atoms with Crippen LogP contribution in [-0.4, -0.2) is 75.5 Å². The number of likely N-dealkylation sites (tertiary alicyclic amines) is 2. The van der Waals surface area contributed by atoms with Gasteiger partial charge in [-0.3, -0.25) is 0 Å². The van der Waals surface area contributed by atoms with Crippen LogP contribution in [0.3, 0.4) is 0 Å². The molecule has 0 aromatic carbocycles. The standard InChI is InChI=1S/C29H58N2O2/c1-3-5-7-9-11-17-23-32-27-29(25-30-19-13-14-20-30,26-31-21-15-16-22-31)28-33-24-18-12-10-8-6-4-2/h3-28H2,1-2H3. The molecule has 196 valence electrons. The summed E-state index contributed by atoms with van der Waals surface area (Å²) in [6.07, 6.45) is 21.4. The van der Waals surface area contributed by atoms with Crippen LogP contribution < -0.4 is 0 Å². The maximum absolute atomic E-state index is 6.42. The van der Waals surface area contributed by atoms with Gasteiger partial charge in [0, 0.05) is 31.7 Å². The van der Waals surface area contributed by atoms with Crippen molar-refractivity contribution in [3.63, 3.8) is 0 Å². The molecule has 2 rings (SSSR count). The van der Waals surface area contributed by atoms with Gasteiger partial charge in [0.1, 0.15) is 0 Å². The van der Waals surface area contributed by atoms with Crippen LogP contribution in [0.4, 0.5) is 0 Å². The zero-order valence-electron chi connectivity index (χ0n) is 22.6. The monoisotopic (exact) mass is 466 g/mol. The lowest BCUT2D eigenvalue weighted by Crippen LogP contribution is -2.50. The average molecular weight is 467 g/mol. The predicted octanol–water partition coefficient (Wildman–Crippen LogP) is 6.92. The van der Waals surface area contributed by atoms with Gasteiger partial charge in [-0.15, -0.1) is 0 Å². The highest BCUT2D eigenvalue weighted by atomic mass is 16.5. The summed E-state index contributed by atoms with van der Waals surface area (Å²) in [5.41, 5.74) is 0.124. The number of rotatable bonds is 22. The Kier molecular flexibility index (Phi) is 16.8. The number of hydrogen-bond acceptors (Lipinski definition) is 4. The van der Waals surface area contributed by atoms with Gasteiger partial charge in [0.05, 0.1) is 13.2 Å². The number of nitrogens with zero attached hydrogens (tertiary/aromatic N) is 2. The molecule has 2 fully saturated rings. The lowest BCUT2D eigenvalue weighted by Gasteiger charge is -2.39. The Morgan fingerprint density at radius 3 is 1.27 bits per heavy atom. The Balaban J connectivity index is 1.82. The minimum Gasteiger partial charge on any atom is -0.381 e. The van der Waals surface area contributed by atoms with Gasteiger partial charge >= 0.3 is 0 Å². The minimum absolute atomic E-state index is 0.124. The van der Waals surface area contributed by atoms with Crippen molar-refractivity contribution in [2.24, 2.45) is 5.41 Å². The van der Waals surface area contributed by atoms with E-state index in [0.717, 1.165) is 39.5 Å². The van der Waals surface area contributed by atoms with Crippen LogP contribution in [0.25, 0.3) is 0 Å². The lowest BCUT2D eigenvalue weighted by molar-refractivity contribution is -0.0526. The average Bonchev–Trinajstić information content (AvgIpc) is 3.52. The van der Waals surface area contributed by atoms with Crippen LogP contribution in [0.5, 0.6) is 0 Å². The summed E-state index contributed by atoms with van der Waals surface area (Å²) < 4.78 is 12.8. The molecule has 2 aliphatic rings. The second-order valence-electron chi connectivity index (χ2n) is 11.1. The van der Waals surface area contributed by atoms with Crippen LogP contribution in [0.15, 0.2) is 0 Å². The molecule has 0 atom stereocenters. The lowest BCUT2D eigenvalue weighted by atomic mass is 9.88. The zero-order chi connectivity index (χ0) is 23.5. The third-order valence-electron chi connectivity index (χ3n) is 7.62. The molecule has 2 heterocycles. The molecule has 4 nitrogen and oxygen atoms in total. The van der Waals surface area contributed by atoms with Gasteiger partial charge in [0.25, 0.3) is 0 Å². The molecule has 33 heavy (non-hydrogen) atoms. The van der Waals surface area contributed by atoms with E-state index in [9.17, 15) is 0 Å². The Bertz CT molecular complexity index is 393. The summed E-state index contributed by atoms with van der Waals surface area (Å²) in [6, 6.07) is 0. The molecule has 0 aromatic heterocycles. The third kappa shape index (κ3) is 13.5. The van der Waals surface area contributed by atoms with E-state index < -0.39 is 0 Å². The Morgan fingerprint density at radius 1 is 0.515 bits per heavy atom. The third-order valence-corrected chi connectivity index (χ3v) is 7.62. The van der Waals surface area contributed by atoms with Crippen LogP contribution in [0, 0.1) is 5.41 Å². The van der Waals surface area contributed by atoms with Gasteiger partial charge in [0.2, 0.25) is 0 Å².